The van der Waals surface area contributed by atoms with Gasteiger partial charge in [-0.05, 0) is 58.4 Å². The molecule has 0 aliphatic heterocycles. The van der Waals surface area contributed by atoms with Gasteiger partial charge in [-0.15, -0.1) is 23.5 Å². The largest absolute Gasteiger partial charge is 0.480 e. The third-order valence-electron chi connectivity index (χ3n) is 12.0. The lowest BCUT2D eigenvalue weighted by Crippen LogP contribution is -2.58. The lowest BCUT2D eigenvalue weighted by atomic mass is 9.84. The smallest absolute Gasteiger partial charge is 0.322 e. The zero-order valence-electron chi connectivity index (χ0n) is 40.1. The summed E-state index contributed by atoms with van der Waals surface area (Å²) in [5, 5.41) is 30.8. The number of carbonyl (C=O) groups is 5. The van der Waals surface area contributed by atoms with Gasteiger partial charge in [0, 0.05) is 5.75 Å². The minimum absolute atomic E-state index is 0.00342. The molecule has 0 bridgehead atoms. The summed E-state index contributed by atoms with van der Waals surface area (Å²) in [7, 11) is 0. The van der Waals surface area contributed by atoms with Crippen molar-refractivity contribution >= 4 is 53.1 Å². The Labute approximate surface area is 425 Å². The van der Waals surface area contributed by atoms with Gasteiger partial charge >= 0.3 is 5.97 Å². The Balaban J connectivity index is 1.15. The van der Waals surface area contributed by atoms with Crippen molar-refractivity contribution < 1.29 is 34.2 Å². The van der Waals surface area contributed by atoms with Gasteiger partial charge in [-0.2, -0.15) is 0 Å². The van der Waals surface area contributed by atoms with Gasteiger partial charge in [-0.3, -0.25) is 24.0 Å². The lowest BCUT2D eigenvalue weighted by Gasteiger charge is -2.37. The summed E-state index contributed by atoms with van der Waals surface area (Å²) in [4.78, 5) is 66.3. The molecule has 0 radical (unpaired) electrons. The fraction of sp³-hybridized carbons (Fsp3) is 0.259. The number of amides is 4. The summed E-state index contributed by atoms with van der Waals surface area (Å²) >= 11 is 3.22. The van der Waals surface area contributed by atoms with Crippen molar-refractivity contribution in [1.29, 1.82) is 0 Å². The van der Waals surface area contributed by atoms with Crippen LogP contribution in [0.2, 0.25) is 0 Å². The second-order valence-electron chi connectivity index (χ2n) is 17.4. The molecule has 0 saturated heterocycles. The predicted octanol–water partition coefficient (Wildman–Crippen LogP) is 8.47. The third-order valence-corrected chi connectivity index (χ3v) is 15.2. The molecule has 71 heavy (non-hydrogen) atoms. The first-order valence-electron chi connectivity index (χ1n) is 23.7. The van der Waals surface area contributed by atoms with Crippen LogP contribution in [0.15, 0.2) is 194 Å². The van der Waals surface area contributed by atoms with Crippen LogP contribution in [0.25, 0.3) is 0 Å². The van der Waals surface area contributed by atoms with Crippen LogP contribution in [-0.4, -0.2) is 82.1 Å². The van der Waals surface area contributed by atoms with Crippen molar-refractivity contribution in [1.82, 2.24) is 21.3 Å². The second-order valence-corrected chi connectivity index (χ2v) is 19.9. The number of aliphatic hydroxyl groups is 1. The number of allylic oxidation sites excluding steroid dienone is 1. The van der Waals surface area contributed by atoms with E-state index in [0.717, 1.165) is 33.4 Å². The van der Waals surface area contributed by atoms with Gasteiger partial charge in [0.1, 0.15) is 24.7 Å². The maximum absolute atomic E-state index is 14.4. The molecule has 6 aromatic rings. The Morgan fingerprint density at radius 1 is 0.535 bits per heavy atom. The molecule has 0 unspecified atom stereocenters. The molecule has 4 atom stereocenters. The average Bonchev–Trinajstić information content (AvgIpc) is 3.39. The van der Waals surface area contributed by atoms with Crippen molar-refractivity contribution in [3.8, 4) is 0 Å². The minimum Gasteiger partial charge on any atom is -0.480 e. The molecule has 6 aromatic carbocycles. The molecule has 4 amide bonds. The molecule has 0 saturated carbocycles. The highest BCUT2D eigenvalue weighted by molar-refractivity contribution is 8.00. The Hall–Kier alpha value is -6.93. The van der Waals surface area contributed by atoms with Gasteiger partial charge < -0.3 is 31.5 Å². The van der Waals surface area contributed by atoms with Gasteiger partial charge in [0.15, 0.2) is 0 Å². The van der Waals surface area contributed by atoms with Gasteiger partial charge in [-0.25, -0.2) is 0 Å². The molecule has 13 heteroatoms. The zero-order valence-corrected chi connectivity index (χ0v) is 41.8. The number of hydrogen-bond donors (Lipinski definition) is 6. The molecule has 11 nitrogen and oxygen atoms in total. The van der Waals surface area contributed by atoms with Gasteiger partial charge in [0.05, 0.1) is 22.0 Å². The van der Waals surface area contributed by atoms with E-state index in [-0.39, 0.29) is 12.2 Å². The van der Waals surface area contributed by atoms with E-state index in [1.165, 1.54) is 18.7 Å². The number of carbonyl (C=O) groups excluding carboxylic acids is 4. The summed E-state index contributed by atoms with van der Waals surface area (Å²) in [5.41, 5.74) is 6.21. The molecule has 0 fully saturated rings. The number of thioether (sulfide) groups is 2. The van der Waals surface area contributed by atoms with Crippen molar-refractivity contribution in [3.05, 3.63) is 228 Å². The highest BCUT2D eigenvalue weighted by Crippen LogP contribution is 2.50. The van der Waals surface area contributed by atoms with E-state index in [9.17, 15) is 34.2 Å². The summed E-state index contributed by atoms with van der Waals surface area (Å²) in [5.74, 6) is -3.59. The molecule has 0 aliphatic rings. The number of benzene rings is 6. The second kappa shape index (κ2) is 26.3. The van der Waals surface area contributed by atoms with E-state index >= 15 is 0 Å². The molecule has 0 aliphatic carbocycles. The van der Waals surface area contributed by atoms with E-state index in [2.05, 4.69) is 57.7 Å². The summed E-state index contributed by atoms with van der Waals surface area (Å²) in [6.07, 6.45) is 2.62. The predicted molar refractivity (Wildman–Crippen MR) is 285 cm³/mol. The zero-order chi connectivity index (χ0) is 50.6. The van der Waals surface area contributed by atoms with Crippen LogP contribution in [0.4, 0.5) is 0 Å². The lowest BCUT2D eigenvalue weighted by molar-refractivity contribution is -0.138. The van der Waals surface area contributed by atoms with E-state index in [1.807, 2.05) is 152 Å². The van der Waals surface area contributed by atoms with E-state index in [1.54, 1.807) is 31.7 Å². The fourth-order valence-electron chi connectivity index (χ4n) is 8.44. The summed E-state index contributed by atoms with van der Waals surface area (Å²) in [6.45, 7) is 4.29. The first kappa shape index (κ1) is 53.4. The van der Waals surface area contributed by atoms with Gasteiger partial charge in [0.25, 0.3) is 0 Å². The minimum atomic E-state index is -1.24. The summed E-state index contributed by atoms with van der Waals surface area (Å²) < 4.78 is -1.37. The quantitative estimate of drug-likeness (QED) is 0.0187. The monoisotopic (exact) mass is 990 g/mol. The number of aliphatic carboxylic acids is 1. The highest BCUT2D eigenvalue weighted by Gasteiger charge is 2.40. The van der Waals surface area contributed by atoms with E-state index in [4.69, 9.17) is 0 Å². The van der Waals surface area contributed by atoms with Crippen LogP contribution in [0.3, 0.4) is 0 Å². The molecular weight excluding hydrogens is 929 g/mol. The molecule has 0 spiro atoms. The number of hydrogen-bond acceptors (Lipinski definition) is 8. The van der Waals surface area contributed by atoms with Crippen LogP contribution in [0.5, 0.6) is 0 Å². The Morgan fingerprint density at radius 3 is 1.31 bits per heavy atom. The van der Waals surface area contributed by atoms with Crippen molar-refractivity contribution in [2.24, 2.45) is 5.92 Å². The van der Waals surface area contributed by atoms with Gasteiger partial charge in [-0.1, -0.05) is 208 Å². The maximum Gasteiger partial charge on any atom is 0.322 e. The standard InChI is InChI=1S/C58H62N4O7S2/c1-41(2)53(56(69)59-39-52(65)66)62-55(68)50(40-71-58(46-30-16-7-17-31-46,47-32-18-8-19-33-47)48-34-20-9-21-35-48)61-54(67)42(3)60-51(64)38-49(63)36-22-23-37-70-57(43-24-10-4-11-25-43,44-26-12-5-13-27-44)45-28-14-6-15-29-45/h4-22,24-36,41-42,49-50,53,63H,23,37-40H2,1-3H3,(H,59,69)(H,60,64)(H,61,67)(H,62,68)(H,65,66)/b36-22+/t42-,49+,50-,53-/m1/s1. The van der Waals surface area contributed by atoms with Crippen LogP contribution >= 0.6 is 23.5 Å². The Bertz CT molecular complexity index is 2470. The number of rotatable bonds is 25. The van der Waals surface area contributed by atoms with Crippen LogP contribution in [0.1, 0.15) is 67.0 Å². The highest BCUT2D eigenvalue weighted by atomic mass is 32.2. The number of carboxylic acid groups (broad SMARTS) is 1. The first-order chi connectivity index (χ1) is 34.3. The maximum atomic E-state index is 14.4. The topological polar surface area (TPSA) is 174 Å². The van der Waals surface area contributed by atoms with Crippen molar-refractivity contribution in [3.63, 3.8) is 0 Å². The molecule has 0 aromatic heterocycles. The van der Waals surface area contributed by atoms with Crippen LogP contribution in [-0.2, 0) is 33.5 Å². The molecule has 6 N–H and O–H groups in total. The summed E-state index contributed by atoms with van der Waals surface area (Å²) in [6, 6.07) is 57.1. The normalized spacial score (nSPS) is 13.4. The van der Waals surface area contributed by atoms with Crippen LogP contribution < -0.4 is 21.3 Å². The fourth-order valence-corrected chi connectivity index (χ4v) is 11.5. The van der Waals surface area contributed by atoms with Crippen LogP contribution in [0, 0.1) is 5.92 Å². The molecular formula is C58H62N4O7S2. The number of aliphatic hydroxyl groups excluding tert-OH is 1. The number of carboxylic acids is 1. The van der Waals surface area contributed by atoms with E-state index < -0.39 is 75.8 Å². The SMILES string of the molecule is CC(C)[C@@H](NC(=O)[C@@H](CSC(c1ccccc1)(c1ccccc1)c1ccccc1)NC(=O)[C@@H](C)NC(=O)C[C@@H](O)/C=C/CCSC(c1ccccc1)(c1ccccc1)c1ccccc1)C(=O)NCC(=O)O. The van der Waals surface area contributed by atoms with Crippen molar-refractivity contribution in [2.75, 3.05) is 18.1 Å². The first-order valence-corrected chi connectivity index (χ1v) is 25.7. The van der Waals surface area contributed by atoms with E-state index in [0.29, 0.717) is 12.2 Å². The van der Waals surface area contributed by atoms with Gasteiger partial charge in [0.2, 0.25) is 23.6 Å². The Morgan fingerprint density at radius 2 is 0.930 bits per heavy atom. The Kier molecular flexibility index (Phi) is 19.8. The van der Waals surface area contributed by atoms with Crippen molar-refractivity contribution in [2.45, 2.75) is 67.3 Å². The average molecular weight is 991 g/mol. The molecule has 368 valence electrons. The molecule has 0 heterocycles. The third kappa shape index (κ3) is 14.1. The molecule has 6 rings (SSSR count). The number of nitrogens with one attached hydrogen (secondary N) is 4.